The van der Waals surface area contributed by atoms with Crippen molar-refractivity contribution in [3.63, 3.8) is 0 Å². The summed E-state index contributed by atoms with van der Waals surface area (Å²) in [5.74, 6) is 0.166. The van der Waals surface area contributed by atoms with Crippen LogP contribution in [0.15, 0.2) is 53.4 Å². The number of hydrogen-bond acceptors (Lipinski definition) is 6. The van der Waals surface area contributed by atoms with E-state index in [0.29, 0.717) is 12.3 Å². The van der Waals surface area contributed by atoms with Gasteiger partial charge in [-0.25, -0.2) is 8.42 Å². The Hall–Kier alpha value is -2.46. The van der Waals surface area contributed by atoms with Gasteiger partial charge in [0, 0.05) is 26.2 Å². The van der Waals surface area contributed by atoms with Crippen molar-refractivity contribution in [2.45, 2.75) is 31.0 Å². The third-order valence-electron chi connectivity index (χ3n) is 5.16. The van der Waals surface area contributed by atoms with E-state index in [0.717, 1.165) is 44.0 Å². The van der Waals surface area contributed by atoms with Crippen LogP contribution in [0.25, 0.3) is 0 Å². The predicted molar refractivity (Wildman–Crippen MR) is 117 cm³/mol. The highest BCUT2D eigenvalue weighted by molar-refractivity contribution is 7.89. The maximum absolute atomic E-state index is 12.5. The fourth-order valence-corrected chi connectivity index (χ4v) is 4.53. The van der Waals surface area contributed by atoms with E-state index in [2.05, 4.69) is 14.9 Å². The Morgan fingerprint density at radius 1 is 1.10 bits per heavy atom. The van der Waals surface area contributed by atoms with Crippen molar-refractivity contribution in [3.8, 4) is 5.75 Å². The van der Waals surface area contributed by atoms with Gasteiger partial charge in [-0.15, -0.1) is 0 Å². The summed E-state index contributed by atoms with van der Waals surface area (Å²) in [7, 11) is -2.32. The van der Waals surface area contributed by atoms with Crippen molar-refractivity contribution in [1.82, 2.24) is 14.9 Å². The molecule has 9 heteroatoms. The lowest BCUT2D eigenvalue weighted by atomic mass is 10.1. The second kappa shape index (κ2) is 10.7. The molecule has 0 bridgehead atoms. The summed E-state index contributed by atoms with van der Waals surface area (Å²) in [6.07, 6.45) is 0. The largest absolute Gasteiger partial charge is 0.497 e. The molecule has 31 heavy (non-hydrogen) atoms. The zero-order valence-corrected chi connectivity index (χ0v) is 18.7. The predicted octanol–water partition coefficient (Wildman–Crippen LogP) is 1.51. The van der Waals surface area contributed by atoms with E-state index in [1.807, 2.05) is 24.3 Å². The molecular weight excluding hydrogens is 418 g/mol. The lowest BCUT2D eigenvalue weighted by Gasteiger charge is -2.27. The van der Waals surface area contributed by atoms with Gasteiger partial charge in [0.15, 0.2) is 0 Å². The summed E-state index contributed by atoms with van der Waals surface area (Å²) in [6, 6.07) is 13.0. The van der Waals surface area contributed by atoms with E-state index in [1.165, 1.54) is 26.2 Å². The zero-order chi connectivity index (χ0) is 22.3. The van der Waals surface area contributed by atoms with Crippen LogP contribution in [-0.4, -0.2) is 58.7 Å². The molecule has 2 N–H and O–H groups in total. The highest BCUT2D eigenvalue weighted by atomic mass is 32.2. The van der Waals surface area contributed by atoms with Crippen LogP contribution < -0.4 is 14.8 Å². The summed E-state index contributed by atoms with van der Waals surface area (Å²) in [6.45, 7) is 5.85. The van der Waals surface area contributed by atoms with E-state index in [1.54, 1.807) is 12.1 Å². The average Bonchev–Trinajstić information content (AvgIpc) is 2.78. The number of sulfonamides is 1. The second-order valence-electron chi connectivity index (χ2n) is 7.39. The molecule has 0 unspecified atom stereocenters. The topological polar surface area (TPSA) is 97.0 Å². The van der Waals surface area contributed by atoms with Crippen LogP contribution in [-0.2, 0) is 32.6 Å². The van der Waals surface area contributed by atoms with Crippen molar-refractivity contribution in [1.29, 1.82) is 0 Å². The molecule has 1 aliphatic rings. The van der Waals surface area contributed by atoms with Gasteiger partial charge in [-0.05, 0) is 42.3 Å². The molecule has 1 fully saturated rings. The third kappa shape index (κ3) is 6.51. The molecule has 1 amide bonds. The quantitative estimate of drug-likeness (QED) is 0.605. The van der Waals surface area contributed by atoms with Crippen molar-refractivity contribution in [3.05, 3.63) is 59.7 Å². The summed E-state index contributed by atoms with van der Waals surface area (Å²) >= 11 is 0. The summed E-state index contributed by atoms with van der Waals surface area (Å²) in [5, 5.41) is 2.84. The Morgan fingerprint density at radius 3 is 2.39 bits per heavy atom. The number of carbonyl (C=O) groups is 1. The van der Waals surface area contributed by atoms with Gasteiger partial charge in [-0.3, -0.25) is 9.69 Å². The number of hydrogen-bond donors (Lipinski definition) is 2. The van der Waals surface area contributed by atoms with Crippen LogP contribution in [0.5, 0.6) is 5.75 Å². The fourth-order valence-electron chi connectivity index (χ4n) is 3.33. The molecule has 1 atom stereocenters. The van der Waals surface area contributed by atoms with Crippen LogP contribution >= 0.6 is 0 Å². The standard InChI is InChI=1S/C22H29N3O5S/c1-17(24-31(27,28)21-9-7-20(29-2)8-10-21)22(26)23-15-18-5-3-4-6-19(18)16-25-11-13-30-14-12-25/h3-10,17,24H,11-16H2,1-2H3,(H,23,26)/t17-/m0/s1. The molecule has 0 aromatic heterocycles. The number of carbonyl (C=O) groups excluding carboxylic acids is 1. The lowest BCUT2D eigenvalue weighted by molar-refractivity contribution is -0.122. The Balaban J connectivity index is 1.57. The fraction of sp³-hybridized carbons (Fsp3) is 0.409. The van der Waals surface area contributed by atoms with Crippen molar-refractivity contribution in [2.24, 2.45) is 0 Å². The molecule has 2 aromatic rings. The number of nitrogens with zero attached hydrogens (tertiary/aromatic N) is 1. The third-order valence-corrected chi connectivity index (χ3v) is 6.72. The number of ether oxygens (including phenoxy) is 2. The molecule has 8 nitrogen and oxygen atoms in total. The Bertz CT molecular complexity index is 973. The number of morpholine rings is 1. The smallest absolute Gasteiger partial charge is 0.241 e. The molecule has 0 radical (unpaired) electrons. The molecule has 1 saturated heterocycles. The first-order valence-corrected chi connectivity index (χ1v) is 11.7. The van der Waals surface area contributed by atoms with Crippen LogP contribution in [0.3, 0.4) is 0 Å². The van der Waals surface area contributed by atoms with Gasteiger partial charge < -0.3 is 14.8 Å². The van der Waals surface area contributed by atoms with E-state index in [-0.39, 0.29) is 4.90 Å². The molecule has 1 heterocycles. The average molecular weight is 448 g/mol. The molecular formula is C22H29N3O5S. The van der Waals surface area contributed by atoms with Gasteiger partial charge in [0.1, 0.15) is 5.75 Å². The summed E-state index contributed by atoms with van der Waals surface area (Å²) < 4.78 is 38.0. The maximum Gasteiger partial charge on any atom is 0.241 e. The molecule has 1 aliphatic heterocycles. The highest BCUT2D eigenvalue weighted by Gasteiger charge is 2.22. The minimum absolute atomic E-state index is 0.0730. The maximum atomic E-state index is 12.5. The van der Waals surface area contributed by atoms with E-state index in [9.17, 15) is 13.2 Å². The van der Waals surface area contributed by atoms with Gasteiger partial charge in [-0.1, -0.05) is 24.3 Å². The minimum Gasteiger partial charge on any atom is -0.497 e. The van der Waals surface area contributed by atoms with Crippen LogP contribution in [0.4, 0.5) is 0 Å². The summed E-state index contributed by atoms with van der Waals surface area (Å²) in [5.41, 5.74) is 2.14. The van der Waals surface area contributed by atoms with Gasteiger partial charge in [0.25, 0.3) is 0 Å². The Kier molecular flexibility index (Phi) is 8.03. The molecule has 3 rings (SSSR count). The first-order valence-electron chi connectivity index (χ1n) is 10.2. The first kappa shape index (κ1) is 23.2. The number of amides is 1. The van der Waals surface area contributed by atoms with Gasteiger partial charge in [-0.2, -0.15) is 4.72 Å². The number of rotatable bonds is 9. The number of benzene rings is 2. The highest BCUT2D eigenvalue weighted by Crippen LogP contribution is 2.16. The van der Waals surface area contributed by atoms with Crippen molar-refractivity contribution in [2.75, 3.05) is 33.4 Å². The SMILES string of the molecule is COc1ccc(S(=O)(=O)N[C@@H](C)C(=O)NCc2ccccc2CN2CCOCC2)cc1. The summed E-state index contributed by atoms with van der Waals surface area (Å²) in [4.78, 5) is 14.9. The minimum atomic E-state index is -3.82. The van der Waals surface area contributed by atoms with Gasteiger partial charge in [0.05, 0.1) is 31.3 Å². The molecule has 0 spiro atoms. The molecule has 0 aliphatic carbocycles. The molecule has 168 valence electrons. The van der Waals surface area contributed by atoms with Crippen molar-refractivity contribution >= 4 is 15.9 Å². The van der Waals surface area contributed by atoms with Crippen LogP contribution in [0, 0.1) is 0 Å². The van der Waals surface area contributed by atoms with Gasteiger partial charge >= 0.3 is 0 Å². The number of methoxy groups -OCH3 is 1. The zero-order valence-electron chi connectivity index (χ0n) is 17.8. The van der Waals surface area contributed by atoms with E-state index >= 15 is 0 Å². The van der Waals surface area contributed by atoms with E-state index < -0.39 is 22.0 Å². The normalized spacial score (nSPS) is 15.9. The van der Waals surface area contributed by atoms with Crippen LogP contribution in [0.2, 0.25) is 0 Å². The molecule has 0 saturated carbocycles. The van der Waals surface area contributed by atoms with Crippen molar-refractivity contribution < 1.29 is 22.7 Å². The van der Waals surface area contributed by atoms with Gasteiger partial charge in [0.2, 0.25) is 15.9 Å². The lowest BCUT2D eigenvalue weighted by Crippen LogP contribution is -2.44. The second-order valence-corrected chi connectivity index (χ2v) is 9.11. The first-order chi connectivity index (χ1) is 14.9. The number of nitrogens with one attached hydrogen (secondary N) is 2. The molecule has 2 aromatic carbocycles. The van der Waals surface area contributed by atoms with Crippen LogP contribution in [0.1, 0.15) is 18.1 Å². The Morgan fingerprint density at radius 2 is 1.74 bits per heavy atom. The monoisotopic (exact) mass is 447 g/mol. The Labute approximate surface area is 183 Å². The van der Waals surface area contributed by atoms with E-state index in [4.69, 9.17) is 9.47 Å².